The van der Waals surface area contributed by atoms with E-state index in [1.807, 2.05) is 53.9 Å². The van der Waals surface area contributed by atoms with E-state index in [4.69, 9.17) is 14.2 Å². The summed E-state index contributed by atoms with van der Waals surface area (Å²) in [6.07, 6.45) is 0.654. The average molecular weight is 398 g/mol. The predicted molar refractivity (Wildman–Crippen MR) is 109 cm³/mol. The van der Waals surface area contributed by atoms with Crippen molar-refractivity contribution in [3.05, 3.63) is 59.6 Å². The molecular weight excluding hydrogens is 376 g/mol. The standard InChI is InChI=1S/C21H22N2O4S/c1-25-18-9-8-15(12-19(18)26-2)21-23-16(14-28-21)10-11-22-20(24)13-27-17-6-4-3-5-7-17/h3-9,12,14H,10-11,13H2,1-2H3,(H,22,24). The van der Waals surface area contributed by atoms with E-state index in [-0.39, 0.29) is 12.5 Å². The van der Waals surface area contributed by atoms with Crippen molar-refractivity contribution in [1.29, 1.82) is 0 Å². The Morgan fingerprint density at radius 3 is 2.61 bits per heavy atom. The number of para-hydroxylation sites is 1. The third-order valence-corrected chi connectivity index (χ3v) is 4.94. The second-order valence-electron chi connectivity index (χ2n) is 5.92. The van der Waals surface area contributed by atoms with Gasteiger partial charge >= 0.3 is 0 Å². The van der Waals surface area contributed by atoms with Gasteiger partial charge in [0.15, 0.2) is 18.1 Å². The molecule has 2 aromatic carbocycles. The molecule has 0 bridgehead atoms. The lowest BCUT2D eigenvalue weighted by atomic mass is 10.2. The Hall–Kier alpha value is -3.06. The summed E-state index contributed by atoms with van der Waals surface area (Å²) in [5.41, 5.74) is 1.90. The minimum Gasteiger partial charge on any atom is -0.493 e. The maximum absolute atomic E-state index is 11.9. The number of carbonyl (C=O) groups is 1. The molecule has 0 saturated carbocycles. The van der Waals surface area contributed by atoms with E-state index in [1.165, 1.54) is 0 Å². The van der Waals surface area contributed by atoms with Crippen molar-refractivity contribution >= 4 is 17.2 Å². The SMILES string of the molecule is COc1ccc(-c2nc(CCNC(=O)COc3ccccc3)cs2)cc1OC. The lowest BCUT2D eigenvalue weighted by Gasteiger charge is -2.08. The van der Waals surface area contributed by atoms with Crippen LogP contribution in [0, 0.1) is 0 Å². The minimum atomic E-state index is -0.154. The van der Waals surface area contributed by atoms with Gasteiger partial charge in [-0.3, -0.25) is 4.79 Å². The number of hydrogen-bond donors (Lipinski definition) is 1. The van der Waals surface area contributed by atoms with Gasteiger partial charge in [0.2, 0.25) is 0 Å². The zero-order valence-corrected chi connectivity index (χ0v) is 16.6. The number of ether oxygens (including phenoxy) is 3. The summed E-state index contributed by atoms with van der Waals surface area (Å²) in [4.78, 5) is 16.5. The minimum absolute atomic E-state index is 0.00201. The maximum atomic E-state index is 11.9. The van der Waals surface area contributed by atoms with Crippen LogP contribution in [-0.4, -0.2) is 38.3 Å². The van der Waals surface area contributed by atoms with Crippen LogP contribution in [0.2, 0.25) is 0 Å². The zero-order valence-electron chi connectivity index (χ0n) is 15.8. The molecule has 1 amide bonds. The van der Waals surface area contributed by atoms with Gasteiger partial charge in [0.25, 0.3) is 5.91 Å². The molecule has 0 spiro atoms. The second kappa shape index (κ2) is 9.75. The van der Waals surface area contributed by atoms with Crippen molar-refractivity contribution in [3.63, 3.8) is 0 Å². The number of aromatic nitrogens is 1. The van der Waals surface area contributed by atoms with Gasteiger partial charge in [0.05, 0.1) is 19.9 Å². The molecule has 0 aliphatic carbocycles. The zero-order chi connectivity index (χ0) is 19.8. The van der Waals surface area contributed by atoms with Gasteiger partial charge in [-0.15, -0.1) is 11.3 Å². The maximum Gasteiger partial charge on any atom is 0.257 e. The number of rotatable bonds is 9. The molecule has 3 aromatic rings. The smallest absolute Gasteiger partial charge is 0.257 e. The van der Waals surface area contributed by atoms with Crippen LogP contribution in [0.25, 0.3) is 10.6 Å². The number of hydrogen-bond acceptors (Lipinski definition) is 6. The van der Waals surface area contributed by atoms with Crippen molar-refractivity contribution < 1.29 is 19.0 Å². The largest absolute Gasteiger partial charge is 0.493 e. The monoisotopic (exact) mass is 398 g/mol. The molecule has 1 heterocycles. The molecule has 0 radical (unpaired) electrons. The number of benzene rings is 2. The Labute approximate surface area is 168 Å². The third-order valence-electron chi connectivity index (χ3n) is 4.00. The topological polar surface area (TPSA) is 69.7 Å². The number of methoxy groups -OCH3 is 2. The lowest BCUT2D eigenvalue weighted by molar-refractivity contribution is -0.123. The van der Waals surface area contributed by atoms with Gasteiger partial charge < -0.3 is 19.5 Å². The summed E-state index contributed by atoms with van der Waals surface area (Å²) in [5.74, 6) is 1.88. The van der Waals surface area contributed by atoms with Crippen molar-refractivity contribution in [2.45, 2.75) is 6.42 Å². The fourth-order valence-electron chi connectivity index (χ4n) is 2.57. The van der Waals surface area contributed by atoms with Crippen molar-refractivity contribution in [3.8, 4) is 27.8 Å². The summed E-state index contributed by atoms with van der Waals surface area (Å²) in [6.45, 7) is 0.504. The van der Waals surface area contributed by atoms with Crippen LogP contribution in [0.15, 0.2) is 53.9 Å². The summed E-state index contributed by atoms with van der Waals surface area (Å²) in [7, 11) is 3.22. The number of amides is 1. The molecule has 0 aliphatic rings. The first kappa shape index (κ1) is 19.7. The summed E-state index contributed by atoms with van der Waals surface area (Å²) in [6, 6.07) is 15.0. The third kappa shape index (κ3) is 5.23. The molecule has 0 aliphatic heterocycles. The molecule has 3 rings (SSSR count). The Morgan fingerprint density at radius 1 is 1.07 bits per heavy atom. The van der Waals surface area contributed by atoms with Crippen molar-refractivity contribution in [2.24, 2.45) is 0 Å². The first-order chi connectivity index (χ1) is 13.7. The molecule has 1 aromatic heterocycles. The van der Waals surface area contributed by atoms with Crippen LogP contribution in [0.3, 0.4) is 0 Å². The first-order valence-electron chi connectivity index (χ1n) is 8.81. The number of nitrogens with zero attached hydrogens (tertiary/aromatic N) is 1. The molecule has 28 heavy (non-hydrogen) atoms. The predicted octanol–water partition coefficient (Wildman–Crippen LogP) is 3.57. The Kier molecular flexibility index (Phi) is 6.86. The fourth-order valence-corrected chi connectivity index (χ4v) is 3.42. The normalized spacial score (nSPS) is 10.4. The highest BCUT2D eigenvalue weighted by molar-refractivity contribution is 7.13. The van der Waals surface area contributed by atoms with E-state index in [9.17, 15) is 4.79 Å². The van der Waals surface area contributed by atoms with Crippen LogP contribution >= 0.6 is 11.3 Å². The first-order valence-corrected chi connectivity index (χ1v) is 9.69. The van der Waals surface area contributed by atoms with Crippen LogP contribution in [0.5, 0.6) is 17.2 Å². The second-order valence-corrected chi connectivity index (χ2v) is 6.77. The van der Waals surface area contributed by atoms with E-state index in [2.05, 4.69) is 10.3 Å². The van der Waals surface area contributed by atoms with Crippen molar-refractivity contribution in [2.75, 3.05) is 27.4 Å². The molecule has 7 heteroatoms. The summed E-state index contributed by atoms with van der Waals surface area (Å²) < 4.78 is 16.0. The molecule has 6 nitrogen and oxygen atoms in total. The van der Waals surface area contributed by atoms with Gasteiger partial charge in [-0.05, 0) is 30.3 Å². The van der Waals surface area contributed by atoms with Gasteiger partial charge in [0, 0.05) is 23.9 Å². The van der Waals surface area contributed by atoms with E-state index in [0.29, 0.717) is 30.2 Å². The van der Waals surface area contributed by atoms with E-state index in [0.717, 1.165) is 16.3 Å². The van der Waals surface area contributed by atoms with E-state index >= 15 is 0 Å². The Balaban J connectivity index is 1.49. The highest BCUT2D eigenvalue weighted by atomic mass is 32.1. The quantitative estimate of drug-likeness (QED) is 0.597. The summed E-state index contributed by atoms with van der Waals surface area (Å²) in [5, 5.41) is 5.74. The van der Waals surface area contributed by atoms with Crippen LogP contribution in [0.4, 0.5) is 0 Å². The highest BCUT2D eigenvalue weighted by Gasteiger charge is 2.10. The molecule has 0 atom stereocenters. The van der Waals surface area contributed by atoms with Gasteiger partial charge in [0.1, 0.15) is 10.8 Å². The van der Waals surface area contributed by atoms with Crippen LogP contribution in [-0.2, 0) is 11.2 Å². The van der Waals surface area contributed by atoms with Gasteiger partial charge in [-0.2, -0.15) is 0 Å². The summed E-state index contributed by atoms with van der Waals surface area (Å²) >= 11 is 1.56. The molecule has 0 saturated heterocycles. The molecular formula is C21H22N2O4S. The Bertz CT molecular complexity index is 912. The van der Waals surface area contributed by atoms with E-state index in [1.54, 1.807) is 25.6 Å². The fraction of sp³-hybridized carbons (Fsp3) is 0.238. The average Bonchev–Trinajstić information content (AvgIpc) is 3.21. The number of nitrogens with one attached hydrogen (secondary N) is 1. The van der Waals surface area contributed by atoms with Crippen molar-refractivity contribution in [1.82, 2.24) is 10.3 Å². The molecule has 0 unspecified atom stereocenters. The van der Waals surface area contributed by atoms with E-state index < -0.39 is 0 Å². The highest BCUT2D eigenvalue weighted by Crippen LogP contribution is 2.33. The molecule has 146 valence electrons. The van der Waals surface area contributed by atoms with Gasteiger partial charge in [-0.25, -0.2) is 4.98 Å². The molecule has 0 fully saturated rings. The number of thiazole rings is 1. The number of carbonyl (C=O) groups excluding carboxylic acids is 1. The Morgan fingerprint density at radius 2 is 1.86 bits per heavy atom. The molecule has 1 N–H and O–H groups in total. The lowest BCUT2D eigenvalue weighted by Crippen LogP contribution is -2.30. The van der Waals surface area contributed by atoms with Crippen LogP contribution < -0.4 is 19.5 Å². The van der Waals surface area contributed by atoms with Crippen LogP contribution in [0.1, 0.15) is 5.69 Å². The van der Waals surface area contributed by atoms with Gasteiger partial charge in [-0.1, -0.05) is 18.2 Å².